The van der Waals surface area contributed by atoms with Crippen molar-refractivity contribution in [3.63, 3.8) is 0 Å². The van der Waals surface area contributed by atoms with E-state index in [9.17, 15) is 4.39 Å². The van der Waals surface area contributed by atoms with Crippen molar-refractivity contribution in [2.75, 3.05) is 5.32 Å². The van der Waals surface area contributed by atoms with Gasteiger partial charge in [-0.15, -0.1) is 0 Å². The van der Waals surface area contributed by atoms with Crippen LogP contribution in [0.15, 0.2) is 16.6 Å². The van der Waals surface area contributed by atoms with Crippen molar-refractivity contribution in [2.24, 2.45) is 0 Å². The average Bonchev–Trinajstić information content (AvgIpc) is 2.36. The Morgan fingerprint density at radius 3 is 2.63 bits per heavy atom. The summed E-state index contributed by atoms with van der Waals surface area (Å²) in [6.07, 6.45) is 0.955. The lowest BCUT2D eigenvalue weighted by Gasteiger charge is -2.26. The van der Waals surface area contributed by atoms with Crippen molar-refractivity contribution in [3.8, 4) is 0 Å². The lowest BCUT2D eigenvalue weighted by molar-refractivity contribution is 0.544. The van der Waals surface area contributed by atoms with Crippen LogP contribution in [-0.2, 0) is 0 Å². The Morgan fingerprint density at radius 2 is 2.00 bits per heavy atom. The molecule has 0 aliphatic heterocycles. The summed E-state index contributed by atoms with van der Waals surface area (Å²) in [6, 6.07) is 3.04. The van der Waals surface area contributed by atoms with Crippen LogP contribution in [0.5, 0.6) is 0 Å². The first-order valence-electron chi connectivity index (χ1n) is 6.24. The molecule has 0 saturated heterocycles. The Balaban J connectivity index is 2.57. The first kappa shape index (κ1) is 14.2. The van der Waals surface area contributed by atoms with Gasteiger partial charge in [0.2, 0.25) is 0 Å². The van der Waals surface area contributed by atoms with E-state index in [1.54, 1.807) is 6.07 Å². The normalized spacial score (nSPS) is 11.9. The maximum absolute atomic E-state index is 13.5. The predicted molar refractivity (Wildman–Crippen MR) is 79.9 cm³/mol. The van der Waals surface area contributed by atoms with Crippen molar-refractivity contribution in [1.82, 2.24) is 9.97 Å². The summed E-state index contributed by atoms with van der Waals surface area (Å²) in [7, 11) is 0. The van der Waals surface area contributed by atoms with Crippen LogP contribution in [0.1, 0.15) is 32.9 Å². The van der Waals surface area contributed by atoms with Crippen LogP contribution in [0.3, 0.4) is 0 Å². The zero-order valence-electron chi connectivity index (χ0n) is 11.5. The Bertz CT molecular complexity index is 626. The lowest BCUT2D eigenvalue weighted by atomic mass is 10.0. The van der Waals surface area contributed by atoms with Crippen LogP contribution < -0.4 is 5.32 Å². The van der Waals surface area contributed by atoms with Gasteiger partial charge in [-0.05, 0) is 55.3 Å². The summed E-state index contributed by atoms with van der Waals surface area (Å²) in [6.45, 7) is 8.20. The molecule has 1 aromatic carbocycles. The molecule has 1 heterocycles. The Kier molecular flexibility index (Phi) is 3.76. The highest BCUT2D eigenvalue weighted by Gasteiger charge is 2.18. The fraction of sp³-hybridized carbons (Fsp3) is 0.429. The summed E-state index contributed by atoms with van der Waals surface area (Å²) in [5, 5.41) is 3.36. The third kappa shape index (κ3) is 2.86. The van der Waals surface area contributed by atoms with Gasteiger partial charge in [-0.2, -0.15) is 0 Å². The molecule has 19 heavy (non-hydrogen) atoms. The van der Waals surface area contributed by atoms with Crippen molar-refractivity contribution in [2.45, 2.75) is 39.7 Å². The monoisotopic (exact) mass is 325 g/mol. The van der Waals surface area contributed by atoms with Gasteiger partial charge in [0.1, 0.15) is 17.2 Å². The van der Waals surface area contributed by atoms with Gasteiger partial charge in [-0.25, -0.2) is 14.4 Å². The predicted octanol–water partition coefficient (Wildman–Crippen LogP) is 4.44. The molecular weight excluding hydrogens is 309 g/mol. The molecule has 1 aromatic heterocycles. The zero-order chi connectivity index (χ0) is 14.2. The Hall–Kier alpha value is -1.23. The highest BCUT2D eigenvalue weighted by Crippen LogP contribution is 2.27. The maximum atomic E-state index is 13.5. The molecule has 0 spiro atoms. The van der Waals surface area contributed by atoms with E-state index in [1.165, 1.54) is 6.07 Å². The van der Waals surface area contributed by atoms with Crippen LogP contribution in [-0.4, -0.2) is 15.5 Å². The molecular formula is C14H17BrFN3. The number of hydrogen-bond donors (Lipinski definition) is 1. The molecule has 0 amide bonds. The number of benzene rings is 1. The van der Waals surface area contributed by atoms with E-state index in [1.807, 2.05) is 6.92 Å². The standard InChI is InChI=1S/C14H17BrFN3/c1-5-14(3,4)19-13-8(2)17-10-7-6-9(16)11(15)12(10)18-13/h6-7H,5H2,1-4H3,(H,18,19). The molecule has 102 valence electrons. The number of rotatable bonds is 3. The van der Waals surface area contributed by atoms with Gasteiger partial charge in [0.25, 0.3) is 0 Å². The van der Waals surface area contributed by atoms with E-state index in [0.717, 1.165) is 12.1 Å². The van der Waals surface area contributed by atoms with E-state index in [2.05, 4.69) is 52.0 Å². The molecule has 0 unspecified atom stereocenters. The van der Waals surface area contributed by atoms with Crippen LogP contribution in [0.2, 0.25) is 0 Å². The molecule has 0 saturated carbocycles. The SMILES string of the molecule is CCC(C)(C)Nc1nc2c(Br)c(F)ccc2nc1C. The van der Waals surface area contributed by atoms with Crippen molar-refractivity contribution in [1.29, 1.82) is 0 Å². The second-order valence-corrected chi connectivity index (χ2v) is 6.04. The van der Waals surface area contributed by atoms with E-state index in [4.69, 9.17) is 0 Å². The van der Waals surface area contributed by atoms with E-state index >= 15 is 0 Å². The van der Waals surface area contributed by atoms with Crippen LogP contribution >= 0.6 is 15.9 Å². The molecule has 1 N–H and O–H groups in total. The summed E-state index contributed by atoms with van der Waals surface area (Å²) in [4.78, 5) is 8.98. The van der Waals surface area contributed by atoms with Crippen molar-refractivity contribution in [3.05, 3.63) is 28.1 Å². The van der Waals surface area contributed by atoms with Crippen molar-refractivity contribution >= 4 is 32.8 Å². The van der Waals surface area contributed by atoms with Gasteiger partial charge in [0.15, 0.2) is 0 Å². The summed E-state index contributed by atoms with van der Waals surface area (Å²) >= 11 is 3.23. The van der Waals surface area contributed by atoms with Gasteiger partial charge in [0, 0.05) is 5.54 Å². The van der Waals surface area contributed by atoms with E-state index < -0.39 is 0 Å². The molecule has 0 radical (unpaired) electrons. The number of aryl methyl sites for hydroxylation is 1. The molecule has 0 fully saturated rings. The fourth-order valence-electron chi connectivity index (χ4n) is 1.68. The third-order valence-corrected chi connectivity index (χ3v) is 4.00. The second kappa shape index (κ2) is 5.04. The van der Waals surface area contributed by atoms with E-state index in [0.29, 0.717) is 21.3 Å². The van der Waals surface area contributed by atoms with Crippen LogP contribution in [0, 0.1) is 12.7 Å². The Morgan fingerprint density at radius 1 is 1.32 bits per heavy atom. The molecule has 0 bridgehead atoms. The number of hydrogen-bond acceptors (Lipinski definition) is 3. The average molecular weight is 326 g/mol. The minimum atomic E-state index is -0.327. The quantitative estimate of drug-likeness (QED) is 0.906. The largest absolute Gasteiger partial charge is 0.364 e. The lowest BCUT2D eigenvalue weighted by Crippen LogP contribution is -2.30. The van der Waals surface area contributed by atoms with Gasteiger partial charge in [0.05, 0.1) is 15.7 Å². The highest BCUT2D eigenvalue weighted by molar-refractivity contribution is 9.10. The number of anilines is 1. The van der Waals surface area contributed by atoms with Gasteiger partial charge >= 0.3 is 0 Å². The molecule has 0 aliphatic rings. The van der Waals surface area contributed by atoms with Crippen LogP contribution in [0.4, 0.5) is 10.2 Å². The number of aromatic nitrogens is 2. The first-order chi connectivity index (χ1) is 8.84. The number of halogens is 2. The zero-order valence-corrected chi connectivity index (χ0v) is 13.1. The maximum Gasteiger partial charge on any atom is 0.148 e. The number of nitrogens with one attached hydrogen (secondary N) is 1. The van der Waals surface area contributed by atoms with Gasteiger partial charge in [-0.1, -0.05) is 6.92 Å². The van der Waals surface area contributed by atoms with Gasteiger partial charge < -0.3 is 5.32 Å². The Labute approximate surface area is 120 Å². The molecule has 0 aliphatic carbocycles. The number of fused-ring (bicyclic) bond motifs is 1. The van der Waals surface area contributed by atoms with Gasteiger partial charge in [-0.3, -0.25) is 0 Å². The molecule has 2 rings (SSSR count). The minimum Gasteiger partial charge on any atom is -0.364 e. The van der Waals surface area contributed by atoms with E-state index in [-0.39, 0.29) is 11.4 Å². The summed E-state index contributed by atoms with van der Waals surface area (Å²) in [5.41, 5.74) is 1.96. The molecule has 5 heteroatoms. The molecule has 2 aromatic rings. The molecule has 3 nitrogen and oxygen atoms in total. The third-order valence-electron chi connectivity index (χ3n) is 3.24. The summed E-state index contributed by atoms with van der Waals surface area (Å²) < 4.78 is 13.9. The highest BCUT2D eigenvalue weighted by atomic mass is 79.9. The topological polar surface area (TPSA) is 37.8 Å². The van der Waals surface area contributed by atoms with Crippen LogP contribution in [0.25, 0.3) is 11.0 Å². The number of nitrogens with zero attached hydrogens (tertiary/aromatic N) is 2. The minimum absolute atomic E-state index is 0.0765. The van der Waals surface area contributed by atoms with Crippen molar-refractivity contribution < 1.29 is 4.39 Å². The first-order valence-corrected chi connectivity index (χ1v) is 7.04. The fourth-order valence-corrected chi connectivity index (χ4v) is 2.10. The summed E-state index contributed by atoms with van der Waals surface area (Å²) in [5.74, 6) is 0.372. The molecule has 0 atom stereocenters. The smallest absolute Gasteiger partial charge is 0.148 e. The second-order valence-electron chi connectivity index (χ2n) is 5.25.